The second-order valence-corrected chi connectivity index (χ2v) is 7.64. The molecular formula is C24H25N3O3. The van der Waals surface area contributed by atoms with Gasteiger partial charge in [-0.2, -0.15) is 5.10 Å². The molecular weight excluding hydrogens is 378 g/mol. The average Bonchev–Trinajstić information content (AvgIpc) is 3.19. The van der Waals surface area contributed by atoms with Crippen molar-refractivity contribution in [2.75, 3.05) is 13.7 Å². The van der Waals surface area contributed by atoms with E-state index in [0.717, 1.165) is 22.3 Å². The van der Waals surface area contributed by atoms with Gasteiger partial charge in [-0.3, -0.25) is 4.79 Å². The molecule has 0 fully saturated rings. The molecule has 1 amide bonds. The highest BCUT2D eigenvalue weighted by Crippen LogP contribution is 2.40. The Kier molecular flexibility index (Phi) is 5.16. The van der Waals surface area contributed by atoms with Gasteiger partial charge in [0, 0.05) is 12.1 Å². The summed E-state index contributed by atoms with van der Waals surface area (Å²) in [6.45, 7) is 6.41. The lowest BCUT2D eigenvalue weighted by molar-refractivity contribution is -0.147. The molecule has 2 aromatic carbocycles. The lowest BCUT2D eigenvalue weighted by atomic mass is 9.94. The van der Waals surface area contributed by atoms with Crippen LogP contribution in [0.15, 0.2) is 54.6 Å². The van der Waals surface area contributed by atoms with Crippen LogP contribution in [0.2, 0.25) is 0 Å². The summed E-state index contributed by atoms with van der Waals surface area (Å²) in [6.07, 6.45) is 0. The van der Waals surface area contributed by atoms with Crippen LogP contribution in [0.4, 0.5) is 0 Å². The van der Waals surface area contributed by atoms with Gasteiger partial charge < -0.3 is 9.64 Å². The van der Waals surface area contributed by atoms with Crippen LogP contribution in [0.5, 0.6) is 0 Å². The first-order chi connectivity index (χ1) is 14.4. The molecule has 2 heterocycles. The number of esters is 1. The van der Waals surface area contributed by atoms with Gasteiger partial charge >= 0.3 is 5.97 Å². The van der Waals surface area contributed by atoms with E-state index in [1.807, 2.05) is 69.3 Å². The van der Waals surface area contributed by atoms with Crippen LogP contribution >= 0.6 is 0 Å². The number of amides is 1. The second-order valence-electron chi connectivity index (χ2n) is 7.64. The van der Waals surface area contributed by atoms with Crippen LogP contribution < -0.4 is 0 Å². The third kappa shape index (κ3) is 3.28. The molecule has 0 bridgehead atoms. The standard InChI is InChI=1S/C24H25N3O3/c1-5-26-21(18-12-8-16(3)9-13-18)22(24(29)30-4)27-20(23(26)28)14-19(25-27)17-10-6-15(2)7-11-17/h6-14,21-22H,5H2,1-4H3/t21-,22+/m1/s1. The predicted octanol–water partition coefficient (Wildman–Crippen LogP) is 4.10. The molecule has 0 saturated heterocycles. The average molecular weight is 403 g/mol. The third-order valence-electron chi connectivity index (χ3n) is 5.66. The summed E-state index contributed by atoms with van der Waals surface area (Å²) in [6, 6.07) is 16.3. The van der Waals surface area contributed by atoms with Gasteiger partial charge in [-0.1, -0.05) is 59.7 Å². The van der Waals surface area contributed by atoms with Crippen molar-refractivity contribution in [1.29, 1.82) is 0 Å². The number of hydrogen-bond acceptors (Lipinski definition) is 4. The third-order valence-corrected chi connectivity index (χ3v) is 5.66. The lowest BCUT2D eigenvalue weighted by Gasteiger charge is -2.40. The topological polar surface area (TPSA) is 64.4 Å². The summed E-state index contributed by atoms with van der Waals surface area (Å²) >= 11 is 0. The molecule has 0 saturated carbocycles. The number of nitrogens with zero attached hydrogens (tertiary/aromatic N) is 3. The summed E-state index contributed by atoms with van der Waals surface area (Å²) in [5.74, 6) is -0.569. The Balaban J connectivity index is 1.89. The summed E-state index contributed by atoms with van der Waals surface area (Å²) in [5.41, 5.74) is 5.08. The first-order valence-corrected chi connectivity index (χ1v) is 10.1. The van der Waals surface area contributed by atoms with E-state index in [4.69, 9.17) is 4.74 Å². The normalized spacial score (nSPS) is 18.3. The van der Waals surface area contributed by atoms with E-state index in [1.165, 1.54) is 7.11 Å². The minimum absolute atomic E-state index is 0.144. The zero-order valence-electron chi connectivity index (χ0n) is 17.6. The fourth-order valence-electron chi connectivity index (χ4n) is 4.02. The van der Waals surface area contributed by atoms with Crippen molar-refractivity contribution in [3.05, 3.63) is 77.0 Å². The van der Waals surface area contributed by atoms with E-state index in [0.29, 0.717) is 17.9 Å². The molecule has 1 aromatic heterocycles. The highest BCUT2D eigenvalue weighted by molar-refractivity contribution is 5.96. The van der Waals surface area contributed by atoms with Crippen LogP contribution in [0, 0.1) is 13.8 Å². The number of methoxy groups -OCH3 is 1. The summed E-state index contributed by atoms with van der Waals surface area (Å²) in [4.78, 5) is 28.0. The fourth-order valence-corrected chi connectivity index (χ4v) is 4.02. The van der Waals surface area contributed by atoms with E-state index >= 15 is 0 Å². The van der Waals surface area contributed by atoms with Crippen molar-refractivity contribution in [1.82, 2.24) is 14.7 Å². The molecule has 3 aromatic rings. The number of aromatic nitrogens is 2. The van der Waals surface area contributed by atoms with Gasteiger partial charge in [0.05, 0.1) is 18.8 Å². The molecule has 6 heteroatoms. The Bertz CT molecular complexity index is 1080. The van der Waals surface area contributed by atoms with E-state index in [1.54, 1.807) is 15.6 Å². The number of carbonyl (C=O) groups excluding carboxylic acids is 2. The van der Waals surface area contributed by atoms with E-state index < -0.39 is 18.1 Å². The number of ether oxygens (including phenoxy) is 1. The van der Waals surface area contributed by atoms with Crippen molar-refractivity contribution in [2.45, 2.75) is 32.9 Å². The first-order valence-electron chi connectivity index (χ1n) is 10.1. The zero-order chi connectivity index (χ0) is 21.4. The van der Waals surface area contributed by atoms with Crippen LogP contribution in [0.25, 0.3) is 11.3 Å². The molecule has 1 aliphatic heterocycles. The minimum Gasteiger partial charge on any atom is -0.467 e. The highest BCUT2D eigenvalue weighted by Gasteiger charge is 2.45. The molecule has 0 N–H and O–H groups in total. The first kappa shape index (κ1) is 19.9. The summed E-state index contributed by atoms with van der Waals surface area (Å²) in [7, 11) is 1.37. The van der Waals surface area contributed by atoms with E-state index in [9.17, 15) is 9.59 Å². The largest absolute Gasteiger partial charge is 0.467 e. The second kappa shape index (κ2) is 7.78. The quantitative estimate of drug-likeness (QED) is 0.616. The number of likely N-dealkylation sites (N-methyl/N-ethyl adjacent to an activating group) is 1. The van der Waals surface area contributed by atoms with Crippen LogP contribution in [0.1, 0.15) is 46.2 Å². The fraction of sp³-hybridized carbons (Fsp3) is 0.292. The Morgan fingerprint density at radius 2 is 1.63 bits per heavy atom. The van der Waals surface area contributed by atoms with Crippen molar-refractivity contribution >= 4 is 11.9 Å². The van der Waals surface area contributed by atoms with Gasteiger partial charge in [0.25, 0.3) is 5.91 Å². The van der Waals surface area contributed by atoms with Crippen molar-refractivity contribution in [2.24, 2.45) is 0 Å². The maximum absolute atomic E-state index is 13.4. The monoisotopic (exact) mass is 403 g/mol. The molecule has 0 radical (unpaired) electrons. The van der Waals surface area contributed by atoms with Gasteiger partial charge in [0.2, 0.25) is 0 Å². The predicted molar refractivity (Wildman–Crippen MR) is 114 cm³/mol. The molecule has 1 aliphatic rings. The maximum Gasteiger partial charge on any atom is 0.333 e. The SMILES string of the molecule is CCN1C(=O)c2cc(-c3ccc(C)cc3)nn2[C@H](C(=O)OC)[C@H]1c1ccc(C)cc1. The molecule has 0 unspecified atom stereocenters. The molecule has 4 rings (SSSR count). The van der Waals surface area contributed by atoms with Crippen molar-refractivity contribution in [3.8, 4) is 11.3 Å². The number of hydrogen-bond donors (Lipinski definition) is 0. The van der Waals surface area contributed by atoms with E-state index in [-0.39, 0.29) is 5.91 Å². The molecule has 30 heavy (non-hydrogen) atoms. The van der Waals surface area contributed by atoms with Crippen molar-refractivity contribution in [3.63, 3.8) is 0 Å². The minimum atomic E-state index is -0.760. The molecule has 0 aliphatic carbocycles. The number of fused-ring (bicyclic) bond motifs is 1. The van der Waals surface area contributed by atoms with Gasteiger partial charge in [0.1, 0.15) is 5.69 Å². The number of rotatable bonds is 4. The molecule has 6 nitrogen and oxygen atoms in total. The highest BCUT2D eigenvalue weighted by atomic mass is 16.5. The van der Waals surface area contributed by atoms with Crippen LogP contribution in [-0.2, 0) is 9.53 Å². The van der Waals surface area contributed by atoms with Gasteiger partial charge in [0.15, 0.2) is 6.04 Å². The Morgan fingerprint density at radius 3 is 2.20 bits per heavy atom. The summed E-state index contributed by atoms with van der Waals surface area (Å²) in [5, 5.41) is 4.68. The van der Waals surface area contributed by atoms with Crippen LogP contribution in [0.3, 0.4) is 0 Å². The smallest absolute Gasteiger partial charge is 0.333 e. The van der Waals surface area contributed by atoms with Crippen LogP contribution in [-0.4, -0.2) is 40.2 Å². The Hall–Kier alpha value is -3.41. The van der Waals surface area contributed by atoms with E-state index in [2.05, 4.69) is 5.10 Å². The Morgan fingerprint density at radius 1 is 1.03 bits per heavy atom. The lowest BCUT2D eigenvalue weighted by Crippen LogP contribution is -2.48. The number of carbonyl (C=O) groups is 2. The summed E-state index contributed by atoms with van der Waals surface area (Å²) < 4.78 is 6.68. The number of benzene rings is 2. The molecule has 154 valence electrons. The van der Waals surface area contributed by atoms with Gasteiger partial charge in [-0.15, -0.1) is 0 Å². The van der Waals surface area contributed by atoms with Gasteiger partial charge in [-0.05, 0) is 32.4 Å². The number of aryl methyl sites for hydroxylation is 2. The Labute approximate surface area is 176 Å². The van der Waals surface area contributed by atoms with Gasteiger partial charge in [-0.25, -0.2) is 9.48 Å². The zero-order valence-corrected chi connectivity index (χ0v) is 17.6. The van der Waals surface area contributed by atoms with Crippen molar-refractivity contribution < 1.29 is 14.3 Å². The molecule has 0 spiro atoms. The molecule has 2 atom stereocenters. The maximum atomic E-state index is 13.4.